The van der Waals surface area contributed by atoms with E-state index in [9.17, 15) is 4.79 Å². The number of nitrogens with two attached hydrogens (primary N) is 1. The highest BCUT2D eigenvalue weighted by atomic mass is 16.2. The molecule has 0 bridgehead atoms. The maximum absolute atomic E-state index is 12.1. The molecule has 1 aromatic heterocycles. The zero-order valence-corrected chi connectivity index (χ0v) is 10.9. The highest BCUT2D eigenvalue weighted by Gasteiger charge is 2.36. The summed E-state index contributed by atoms with van der Waals surface area (Å²) < 4.78 is 0. The molecule has 1 aromatic rings. The van der Waals surface area contributed by atoms with Crippen LogP contribution in [-0.2, 0) is 0 Å². The molecule has 0 spiro atoms. The van der Waals surface area contributed by atoms with Crippen LogP contribution in [0.2, 0.25) is 0 Å². The number of nitrogen functional groups attached to an aromatic ring is 1. The number of rotatable bonds is 2. The van der Waals surface area contributed by atoms with Crippen molar-refractivity contribution in [1.82, 2.24) is 20.2 Å². The molecular formula is C13H19N5O. The molecule has 0 aromatic carbocycles. The minimum Gasteiger partial charge on any atom is -0.382 e. The lowest BCUT2D eigenvalue weighted by molar-refractivity contribution is 0.0910. The molecular weight excluding hydrogens is 242 g/mol. The predicted molar refractivity (Wildman–Crippen MR) is 71.5 cm³/mol. The van der Waals surface area contributed by atoms with Gasteiger partial charge in [-0.1, -0.05) is 6.42 Å². The van der Waals surface area contributed by atoms with Gasteiger partial charge in [-0.15, -0.1) is 0 Å². The van der Waals surface area contributed by atoms with Crippen molar-refractivity contribution in [3.05, 3.63) is 18.1 Å². The zero-order chi connectivity index (χ0) is 13.2. The van der Waals surface area contributed by atoms with Crippen LogP contribution in [0.1, 0.15) is 36.2 Å². The average molecular weight is 261 g/mol. The Bertz CT molecular complexity index is 461. The third-order valence-corrected chi connectivity index (χ3v) is 4.08. The largest absolute Gasteiger partial charge is 0.382 e. The van der Waals surface area contributed by atoms with E-state index in [1.165, 1.54) is 38.2 Å². The molecule has 2 saturated heterocycles. The number of piperidine rings is 1. The van der Waals surface area contributed by atoms with Gasteiger partial charge in [0.05, 0.1) is 12.4 Å². The molecule has 3 rings (SSSR count). The number of carbonyl (C=O) groups is 1. The number of carbonyl (C=O) groups excluding carboxylic acids is 1. The van der Waals surface area contributed by atoms with Crippen LogP contribution < -0.4 is 11.1 Å². The summed E-state index contributed by atoms with van der Waals surface area (Å²) >= 11 is 0. The van der Waals surface area contributed by atoms with Crippen LogP contribution in [0.15, 0.2) is 12.4 Å². The van der Waals surface area contributed by atoms with Crippen LogP contribution in [0.3, 0.4) is 0 Å². The van der Waals surface area contributed by atoms with Crippen molar-refractivity contribution < 1.29 is 4.79 Å². The molecule has 3 N–H and O–H groups in total. The Labute approximate surface area is 112 Å². The van der Waals surface area contributed by atoms with Crippen LogP contribution in [-0.4, -0.2) is 45.9 Å². The number of nitrogens with one attached hydrogen (secondary N) is 1. The molecule has 102 valence electrons. The van der Waals surface area contributed by atoms with Crippen LogP contribution in [0.4, 0.5) is 5.82 Å². The van der Waals surface area contributed by atoms with Gasteiger partial charge in [0.15, 0.2) is 0 Å². The summed E-state index contributed by atoms with van der Waals surface area (Å²) in [6, 6.07) is 0.742. The van der Waals surface area contributed by atoms with E-state index in [0.717, 1.165) is 13.0 Å². The molecule has 0 radical (unpaired) electrons. The molecule has 2 unspecified atom stereocenters. The molecule has 2 fully saturated rings. The van der Waals surface area contributed by atoms with E-state index in [2.05, 4.69) is 20.2 Å². The highest BCUT2D eigenvalue weighted by molar-refractivity contribution is 5.92. The number of hydrogen-bond acceptors (Lipinski definition) is 5. The normalized spacial score (nSPS) is 26.9. The molecule has 19 heavy (non-hydrogen) atoms. The Balaban J connectivity index is 1.65. The number of nitrogens with zero attached hydrogens (tertiary/aromatic N) is 3. The smallest absolute Gasteiger partial charge is 0.271 e. The van der Waals surface area contributed by atoms with Crippen molar-refractivity contribution >= 4 is 11.7 Å². The number of fused-ring (bicyclic) bond motifs is 1. The number of aromatic nitrogens is 2. The van der Waals surface area contributed by atoms with Crippen LogP contribution in [0.5, 0.6) is 0 Å². The van der Waals surface area contributed by atoms with Crippen LogP contribution in [0.25, 0.3) is 0 Å². The quantitative estimate of drug-likeness (QED) is 0.806. The third kappa shape index (κ3) is 2.53. The van der Waals surface area contributed by atoms with E-state index in [4.69, 9.17) is 5.73 Å². The highest BCUT2D eigenvalue weighted by Crippen LogP contribution is 2.27. The van der Waals surface area contributed by atoms with Gasteiger partial charge in [-0.2, -0.15) is 0 Å². The van der Waals surface area contributed by atoms with E-state index in [1.54, 1.807) is 0 Å². The molecule has 1 amide bonds. The molecule has 6 heteroatoms. The second-order valence-corrected chi connectivity index (χ2v) is 5.29. The van der Waals surface area contributed by atoms with Gasteiger partial charge < -0.3 is 11.1 Å². The van der Waals surface area contributed by atoms with Crippen LogP contribution >= 0.6 is 0 Å². The first-order chi connectivity index (χ1) is 9.24. The lowest BCUT2D eigenvalue weighted by atomic mass is 9.99. The van der Waals surface area contributed by atoms with E-state index >= 15 is 0 Å². The van der Waals surface area contributed by atoms with Crippen molar-refractivity contribution in [2.24, 2.45) is 0 Å². The first kappa shape index (κ1) is 12.3. The first-order valence-corrected chi connectivity index (χ1v) is 6.86. The van der Waals surface area contributed by atoms with Crippen LogP contribution in [0, 0.1) is 0 Å². The lowest BCUT2D eigenvalue weighted by Crippen LogP contribution is -2.46. The summed E-state index contributed by atoms with van der Waals surface area (Å²) in [5.74, 6) is 0.181. The molecule has 2 atom stereocenters. The van der Waals surface area contributed by atoms with E-state index in [-0.39, 0.29) is 11.9 Å². The van der Waals surface area contributed by atoms with Crippen molar-refractivity contribution in [3.8, 4) is 0 Å². The van der Waals surface area contributed by atoms with Gasteiger partial charge in [-0.05, 0) is 25.8 Å². The Morgan fingerprint density at radius 3 is 2.95 bits per heavy atom. The number of amides is 1. The summed E-state index contributed by atoms with van der Waals surface area (Å²) in [7, 11) is 0. The topological polar surface area (TPSA) is 84.1 Å². The minimum absolute atomic E-state index is 0.148. The fraction of sp³-hybridized carbons (Fsp3) is 0.615. The van der Waals surface area contributed by atoms with E-state index in [1.807, 2.05) is 0 Å². The Hall–Kier alpha value is -1.69. The van der Waals surface area contributed by atoms with Gasteiger partial charge in [0.1, 0.15) is 11.5 Å². The molecule has 2 aliphatic heterocycles. The van der Waals surface area contributed by atoms with Gasteiger partial charge in [0.2, 0.25) is 0 Å². The monoisotopic (exact) mass is 261 g/mol. The van der Waals surface area contributed by atoms with Gasteiger partial charge in [-0.25, -0.2) is 9.97 Å². The maximum Gasteiger partial charge on any atom is 0.271 e. The Kier molecular flexibility index (Phi) is 3.33. The fourth-order valence-electron chi connectivity index (χ4n) is 3.11. The van der Waals surface area contributed by atoms with Gasteiger partial charge >= 0.3 is 0 Å². The summed E-state index contributed by atoms with van der Waals surface area (Å²) in [6.07, 6.45) is 7.59. The minimum atomic E-state index is -0.148. The van der Waals surface area contributed by atoms with Gasteiger partial charge in [0.25, 0.3) is 5.91 Å². The van der Waals surface area contributed by atoms with Gasteiger partial charge in [0, 0.05) is 18.6 Å². The molecule has 2 aliphatic rings. The van der Waals surface area contributed by atoms with Crippen molar-refractivity contribution in [2.45, 2.75) is 37.8 Å². The van der Waals surface area contributed by atoms with Crippen molar-refractivity contribution in [2.75, 3.05) is 18.8 Å². The lowest BCUT2D eigenvalue weighted by Gasteiger charge is -2.32. The van der Waals surface area contributed by atoms with E-state index < -0.39 is 0 Å². The van der Waals surface area contributed by atoms with Crippen molar-refractivity contribution in [1.29, 1.82) is 0 Å². The predicted octanol–water partition coefficient (Wildman–Crippen LogP) is 0.415. The molecule has 3 heterocycles. The first-order valence-electron chi connectivity index (χ1n) is 6.86. The SMILES string of the molecule is Nc1cnc(C(=O)NC2CCN3CCCCC23)cn1. The van der Waals surface area contributed by atoms with Gasteiger partial charge in [-0.3, -0.25) is 9.69 Å². The molecule has 0 saturated carbocycles. The summed E-state index contributed by atoms with van der Waals surface area (Å²) in [6.45, 7) is 2.25. The zero-order valence-electron chi connectivity index (χ0n) is 10.9. The second kappa shape index (κ2) is 5.13. The Morgan fingerprint density at radius 2 is 2.16 bits per heavy atom. The second-order valence-electron chi connectivity index (χ2n) is 5.29. The Morgan fingerprint density at radius 1 is 1.26 bits per heavy atom. The molecule has 6 nitrogen and oxygen atoms in total. The number of anilines is 1. The fourth-order valence-corrected chi connectivity index (χ4v) is 3.11. The van der Waals surface area contributed by atoms with E-state index in [0.29, 0.717) is 17.6 Å². The average Bonchev–Trinajstić information content (AvgIpc) is 2.83. The summed E-state index contributed by atoms with van der Waals surface area (Å²) in [5.41, 5.74) is 5.80. The third-order valence-electron chi connectivity index (χ3n) is 4.08. The maximum atomic E-state index is 12.1. The van der Waals surface area contributed by atoms with Crippen molar-refractivity contribution in [3.63, 3.8) is 0 Å². The molecule has 0 aliphatic carbocycles. The standard InChI is InChI=1S/C13H19N5O/c14-12-8-15-10(7-16-12)13(19)17-9-4-6-18-5-2-1-3-11(9)18/h7-9,11H,1-6H2,(H2,14,16)(H,17,19). The number of hydrogen-bond donors (Lipinski definition) is 2. The summed E-state index contributed by atoms with van der Waals surface area (Å²) in [5, 5.41) is 3.09. The summed E-state index contributed by atoms with van der Waals surface area (Å²) in [4.78, 5) is 22.5.